The number of hydrogen-bond acceptors (Lipinski definition) is 8. The Balaban J connectivity index is 1.29. The van der Waals surface area contributed by atoms with Crippen molar-refractivity contribution in [3.8, 4) is 16.9 Å². The number of carbonyl (C=O) groups excluding carboxylic acids is 2. The average molecular weight is 682 g/mol. The number of carboxylic acid groups (broad SMARTS) is 1. The van der Waals surface area contributed by atoms with Crippen molar-refractivity contribution >= 4 is 57.8 Å². The zero-order valence-electron chi connectivity index (χ0n) is 25.6. The highest BCUT2D eigenvalue weighted by molar-refractivity contribution is 8.26. The van der Waals surface area contributed by atoms with E-state index in [1.165, 1.54) is 36.3 Å². The zero-order valence-corrected chi connectivity index (χ0v) is 27.2. The van der Waals surface area contributed by atoms with E-state index in [1.807, 2.05) is 18.2 Å². The number of hydrogen-bond donors (Lipinski definition) is 2. The molecule has 0 radical (unpaired) electrons. The Kier molecular flexibility index (Phi) is 11.4. The molecule has 2 heterocycles. The smallest absolute Gasteiger partial charge is 0.335 e. The van der Waals surface area contributed by atoms with E-state index in [0.29, 0.717) is 31.6 Å². The molecule has 2 aliphatic heterocycles. The molecule has 2 saturated heterocycles. The van der Waals surface area contributed by atoms with Crippen LogP contribution in [0.1, 0.15) is 34.3 Å². The third-order valence-corrected chi connectivity index (χ3v) is 9.15. The lowest BCUT2D eigenvalue weighted by atomic mass is 9.97. The van der Waals surface area contributed by atoms with Gasteiger partial charge in [-0.25, -0.2) is 13.6 Å². The van der Waals surface area contributed by atoms with Crippen LogP contribution in [0.15, 0.2) is 59.5 Å². The Morgan fingerprint density at radius 2 is 1.83 bits per heavy atom. The number of anilines is 1. The van der Waals surface area contributed by atoms with E-state index in [4.69, 9.17) is 21.7 Å². The molecule has 5 rings (SSSR count). The summed E-state index contributed by atoms with van der Waals surface area (Å²) in [5.74, 6) is -3.56. The van der Waals surface area contributed by atoms with Gasteiger partial charge < -0.3 is 19.9 Å². The molecule has 0 spiro atoms. The Morgan fingerprint density at radius 3 is 2.55 bits per heavy atom. The summed E-state index contributed by atoms with van der Waals surface area (Å²) in [5.41, 5.74) is 3.22. The second-order valence-corrected chi connectivity index (χ2v) is 12.7. The summed E-state index contributed by atoms with van der Waals surface area (Å²) >= 11 is 6.60. The van der Waals surface area contributed by atoms with Crippen LogP contribution in [0.5, 0.6) is 5.75 Å². The van der Waals surface area contributed by atoms with Crippen molar-refractivity contribution in [3.05, 3.63) is 87.8 Å². The number of morpholine rings is 1. The van der Waals surface area contributed by atoms with Gasteiger partial charge in [0.25, 0.3) is 5.91 Å². The number of amides is 2. The van der Waals surface area contributed by atoms with Gasteiger partial charge in [0.05, 0.1) is 36.5 Å². The molecule has 0 aromatic heterocycles. The number of aromatic carboxylic acids is 1. The SMILES string of the molecule is COc1cc(C(=O)O)ccc1NC(=O)CCN1C(=O)/C(=C/c2cc(CCCN3CCOCC3)cc(-c3ccc(F)c(F)c3)c2)SC1=S. The normalized spacial score (nSPS) is 16.1. The van der Waals surface area contributed by atoms with Crippen molar-refractivity contribution in [1.82, 2.24) is 9.80 Å². The Morgan fingerprint density at radius 1 is 1.04 bits per heavy atom. The summed E-state index contributed by atoms with van der Waals surface area (Å²) in [5, 5.41) is 11.9. The molecule has 0 atom stereocenters. The zero-order chi connectivity index (χ0) is 33.5. The topological polar surface area (TPSA) is 108 Å². The van der Waals surface area contributed by atoms with Crippen molar-refractivity contribution in [3.63, 3.8) is 0 Å². The van der Waals surface area contributed by atoms with E-state index in [1.54, 1.807) is 6.08 Å². The minimum absolute atomic E-state index is 0.0136. The van der Waals surface area contributed by atoms with Crippen LogP contribution in [0.25, 0.3) is 17.2 Å². The fourth-order valence-electron chi connectivity index (χ4n) is 5.32. The van der Waals surface area contributed by atoms with Gasteiger partial charge in [0.2, 0.25) is 5.91 Å². The summed E-state index contributed by atoms with van der Waals surface area (Å²) in [4.78, 5) is 41.5. The molecule has 9 nitrogen and oxygen atoms in total. The minimum atomic E-state index is -1.13. The first kappa shape index (κ1) is 34.2. The van der Waals surface area contributed by atoms with Gasteiger partial charge in [-0.1, -0.05) is 42.2 Å². The van der Waals surface area contributed by atoms with E-state index in [2.05, 4.69) is 10.2 Å². The highest BCUT2D eigenvalue weighted by Gasteiger charge is 2.32. The number of halogens is 2. The number of thiocarbonyl (C=S) groups is 1. The van der Waals surface area contributed by atoms with Crippen molar-refractivity contribution in [2.24, 2.45) is 0 Å². The lowest BCUT2D eigenvalue weighted by Gasteiger charge is -2.26. The summed E-state index contributed by atoms with van der Waals surface area (Å²) in [7, 11) is 1.37. The fraction of sp³-hybridized carbons (Fsp3) is 0.294. The quantitative estimate of drug-likeness (QED) is 0.180. The highest BCUT2D eigenvalue weighted by atomic mass is 32.2. The molecule has 2 aliphatic rings. The van der Waals surface area contributed by atoms with Gasteiger partial charge in [0.1, 0.15) is 10.1 Å². The van der Waals surface area contributed by atoms with Gasteiger partial charge in [-0.3, -0.25) is 19.4 Å². The molecular weight excluding hydrogens is 649 g/mol. The van der Waals surface area contributed by atoms with E-state index in [9.17, 15) is 28.3 Å². The van der Waals surface area contributed by atoms with Crippen molar-refractivity contribution in [2.75, 3.05) is 51.8 Å². The highest BCUT2D eigenvalue weighted by Crippen LogP contribution is 2.34. The van der Waals surface area contributed by atoms with Gasteiger partial charge in [-0.05, 0) is 84.1 Å². The van der Waals surface area contributed by atoms with E-state index in [-0.39, 0.29) is 30.2 Å². The largest absolute Gasteiger partial charge is 0.495 e. The van der Waals surface area contributed by atoms with E-state index in [0.717, 1.165) is 75.1 Å². The van der Waals surface area contributed by atoms with Crippen molar-refractivity contribution < 1.29 is 37.7 Å². The first-order chi connectivity index (χ1) is 22.6. The molecule has 2 amide bonds. The second kappa shape index (κ2) is 15.6. The molecule has 2 N–H and O–H groups in total. The number of methoxy groups -OCH3 is 1. The van der Waals surface area contributed by atoms with Crippen molar-refractivity contribution in [2.45, 2.75) is 19.3 Å². The minimum Gasteiger partial charge on any atom is -0.495 e. The molecule has 47 heavy (non-hydrogen) atoms. The molecule has 0 bridgehead atoms. The number of ether oxygens (including phenoxy) is 2. The van der Waals surface area contributed by atoms with Gasteiger partial charge in [0.15, 0.2) is 11.6 Å². The number of nitrogens with zero attached hydrogens (tertiary/aromatic N) is 2. The van der Waals surface area contributed by atoms with Gasteiger partial charge in [-0.15, -0.1) is 0 Å². The number of thioether (sulfide) groups is 1. The van der Waals surface area contributed by atoms with Crippen LogP contribution in [0.2, 0.25) is 0 Å². The fourth-order valence-corrected chi connectivity index (χ4v) is 6.63. The number of carboxylic acids is 1. The molecule has 0 aliphatic carbocycles. The molecule has 2 fully saturated rings. The van der Waals surface area contributed by atoms with Crippen LogP contribution in [0.4, 0.5) is 14.5 Å². The van der Waals surface area contributed by atoms with Crippen molar-refractivity contribution in [1.29, 1.82) is 0 Å². The third kappa shape index (κ3) is 8.80. The van der Waals surface area contributed by atoms with Crippen LogP contribution in [-0.2, 0) is 20.7 Å². The number of aryl methyl sites for hydroxylation is 1. The predicted octanol–water partition coefficient (Wildman–Crippen LogP) is 5.83. The first-order valence-corrected chi connectivity index (χ1v) is 16.2. The Hall–Kier alpha value is -4.17. The van der Waals surface area contributed by atoms with Crippen LogP contribution < -0.4 is 10.1 Å². The predicted molar refractivity (Wildman–Crippen MR) is 180 cm³/mol. The van der Waals surface area contributed by atoms with Gasteiger partial charge >= 0.3 is 5.97 Å². The van der Waals surface area contributed by atoms with Crippen LogP contribution >= 0.6 is 24.0 Å². The van der Waals surface area contributed by atoms with Crippen LogP contribution in [0, 0.1) is 11.6 Å². The number of rotatable bonds is 12. The maximum Gasteiger partial charge on any atom is 0.335 e. The number of carbonyl (C=O) groups is 3. The summed E-state index contributed by atoms with van der Waals surface area (Å²) in [6.45, 7) is 4.15. The Bertz CT molecular complexity index is 1730. The van der Waals surface area contributed by atoms with Crippen LogP contribution in [-0.4, -0.2) is 83.5 Å². The number of nitrogens with one attached hydrogen (secondary N) is 1. The lowest BCUT2D eigenvalue weighted by Crippen LogP contribution is -2.36. The summed E-state index contributed by atoms with van der Waals surface area (Å²) < 4.78 is 38.8. The Labute approximate surface area is 280 Å². The van der Waals surface area contributed by atoms with E-state index >= 15 is 0 Å². The maximum atomic E-state index is 14.1. The summed E-state index contributed by atoms with van der Waals surface area (Å²) in [6.07, 6.45) is 3.29. The second-order valence-electron chi connectivity index (χ2n) is 11.0. The lowest BCUT2D eigenvalue weighted by molar-refractivity contribution is -0.122. The standard InChI is InChI=1S/C34H33F2N3O6S2/c1-44-29-20-24(33(42)43)5-7-28(29)37-31(40)8-10-39-32(41)30(47-34(39)46)18-22-15-21(3-2-9-38-11-13-45-14-12-38)16-25(17-22)23-4-6-26(35)27(36)19-23/h4-7,15-20H,2-3,8-14H2,1H3,(H,37,40)(H,42,43)/b30-18-. The molecule has 3 aromatic carbocycles. The van der Waals surface area contributed by atoms with Gasteiger partial charge in [0, 0.05) is 26.1 Å². The molecule has 0 saturated carbocycles. The number of benzene rings is 3. The molecular formula is C34H33F2N3O6S2. The van der Waals surface area contributed by atoms with Crippen LogP contribution in [0.3, 0.4) is 0 Å². The first-order valence-electron chi connectivity index (χ1n) is 15.0. The molecule has 246 valence electrons. The summed E-state index contributed by atoms with van der Waals surface area (Å²) in [6, 6.07) is 13.6. The monoisotopic (exact) mass is 681 g/mol. The molecule has 3 aromatic rings. The average Bonchev–Trinajstić information content (AvgIpc) is 3.32. The molecule has 0 unspecified atom stereocenters. The third-order valence-electron chi connectivity index (χ3n) is 7.77. The molecule has 13 heteroatoms. The van der Waals surface area contributed by atoms with E-state index < -0.39 is 23.5 Å². The van der Waals surface area contributed by atoms with Gasteiger partial charge in [-0.2, -0.15) is 0 Å². The maximum absolute atomic E-state index is 14.1.